The van der Waals surface area contributed by atoms with Gasteiger partial charge >= 0.3 is 0 Å². The molecule has 0 saturated heterocycles. The van der Waals surface area contributed by atoms with E-state index >= 15 is 0 Å². The number of rotatable bonds is 5. The first-order valence-corrected chi connectivity index (χ1v) is 11.4. The number of aromatic nitrogens is 5. The molecule has 34 heavy (non-hydrogen) atoms. The molecule has 4 aromatic rings. The van der Waals surface area contributed by atoms with Crippen molar-refractivity contribution in [1.82, 2.24) is 29.6 Å². The number of anilines is 2. The highest BCUT2D eigenvalue weighted by Crippen LogP contribution is 2.24. The van der Waals surface area contributed by atoms with Gasteiger partial charge in [-0.1, -0.05) is 12.1 Å². The number of hydrogen-bond acceptors (Lipinski definition) is 7. The Morgan fingerprint density at radius 3 is 2.85 bits per heavy atom. The smallest absolute Gasteiger partial charge is 0.278 e. The predicted octanol–water partition coefficient (Wildman–Crippen LogP) is 3.19. The second-order valence-electron chi connectivity index (χ2n) is 8.92. The van der Waals surface area contributed by atoms with Crippen LogP contribution in [0.3, 0.4) is 0 Å². The molecule has 3 aromatic heterocycles. The van der Waals surface area contributed by atoms with Gasteiger partial charge in [-0.2, -0.15) is 10.2 Å². The summed E-state index contributed by atoms with van der Waals surface area (Å²) >= 11 is 0. The van der Waals surface area contributed by atoms with Gasteiger partial charge in [-0.3, -0.25) is 4.79 Å². The van der Waals surface area contributed by atoms with E-state index in [1.807, 2.05) is 45.0 Å². The molecule has 0 bridgehead atoms. The molecule has 0 spiro atoms. The van der Waals surface area contributed by atoms with Crippen LogP contribution in [0.1, 0.15) is 37.6 Å². The third-order valence-corrected chi connectivity index (χ3v) is 6.20. The van der Waals surface area contributed by atoms with Crippen molar-refractivity contribution in [3.63, 3.8) is 0 Å². The zero-order chi connectivity index (χ0) is 23.9. The molecule has 0 atom stereocenters. The molecule has 9 heteroatoms. The standard InChI is InChI=1S/C25H26N8O/c1-4-32-23(34)19-14-28-24(29-18-9-8-17-13-27-11-10-16(17)12-18)31-22(19)33(32)21-7-5-6-20(30-21)25(2,3)15-26/h5-9,12,14,27H,4,10-11,13H2,1-3H3,(H,28,29,31). The van der Waals surface area contributed by atoms with Gasteiger partial charge < -0.3 is 10.6 Å². The first kappa shape index (κ1) is 21.8. The molecule has 9 nitrogen and oxygen atoms in total. The van der Waals surface area contributed by atoms with Crippen LogP contribution < -0.4 is 16.2 Å². The number of nitrogens with zero attached hydrogens (tertiary/aromatic N) is 6. The Balaban J connectivity index is 1.61. The Morgan fingerprint density at radius 1 is 1.21 bits per heavy atom. The normalized spacial score (nSPS) is 13.5. The summed E-state index contributed by atoms with van der Waals surface area (Å²) in [5, 5.41) is 16.6. The highest BCUT2D eigenvalue weighted by Gasteiger charge is 2.23. The molecule has 0 radical (unpaired) electrons. The number of hydrogen-bond donors (Lipinski definition) is 2. The van der Waals surface area contributed by atoms with Crippen LogP contribution in [0.25, 0.3) is 16.9 Å². The lowest BCUT2D eigenvalue weighted by atomic mass is 9.91. The van der Waals surface area contributed by atoms with Gasteiger partial charge in [0.15, 0.2) is 11.5 Å². The largest absolute Gasteiger partial charge is 0.324 e. The van der Waals surface area contributed by atoms with Crippen molar-refractivity contribution in [3.8, 4) is 11.9 Å². The molecular formula is C25H26N8O. The van der Waals surface area contributed by atoms with Gasteiger partial charge in [-0.25, -0.2) is 19.3 Å². The summed E-state index contributed by atoms with van der Waals surface area (Å²) in [6.45, 7) is 7.81. The fourth-order valence-corrected chi connectivity index (χ4v) is 4.24. The Bertz CT molecular complexity index is 1490. The minimum Gasteiger partial charge on any atom is -0.324 e. The lowest BCUT2D eigenvalue weighted by Gasteiger charge is -2.18. The van der Waals surface area contributed by atoms with Gasteiger partial charge in [-0.05, 0) is 69.1 Å². The SMILES string of the molecule is CCn1c(=O)c2cnc(Nc3ccc4c(c3)CCNC4)nc2n1-c1cccc(C(C)(C)C#N)n1. The first-order valence-electron chi connectivity index (χ1n) is 11.4. The highest BCUT2D eigenvalue weighted by atomic mass is 16.1. The summed E-state index contributed by atoms with van der Waals surface area (Å²) in [5.41, 5.74) is 3.65. The summed E-state index contributed by atoms with van der Waals surface area (Å²) < 4.78 is 3.29. The van der Waals surface area contributed by atoms with Crippen LogP contribution in [0, 0.1) is 11.3 Å². The van der Waals surface area contributed by atoms with Gasteiger partial charge in [0.2, 0.25) is 5.95 Å². The molecule has 0 aliphatic carbocycles. The summed E-state index contributed by atoms with van der Waals surface area (Å²) in [5.74, 6) is 0.928. The van der Waals surface area contributed by atoms with Crippen LogP contribution in [0.4, 0.5) is 11.6 Å². The molecular weight excluding hydrogens is 428 g/mol. The average Bonchev–Trinajstić information content (AvgIpc) is 3.14. The molecule has 1 aliphatic rings. The predicted molar refractivity (Wildman–Crippen MR) is 130 cm³/mol. The molecule has 0 saturated carbocycles. The fourth-order valence-electron chi connectivity index (χ4n) is 4.24. The maximum absolute atomic E-state index is 13.1. The van der Waals surface area contributed by atoms with Crippen molar-refractivity contribution in [2.24, 2.45) is 0 Å². The molecule has 1 aromatic carbocycles. The summed E-state index contributed by atoms with van der Waals surface area (Å²) in [6.07, 6.45) is 2.53. The molecule has 5 rings (SSSR count). The van der Waals surface area contributed by atoms with Crippen molar-refractivity contribution < 1.29 is 0 Å². The molecule has 172 valence electrons. The van der Waals surface area contributed by atoms with E-state index in [9.17, 15) is 10.1 Å². The van der Waals surface area contributed by atoms with Gasteiger partial charge in [0, 0.05) is 25.0 Å². The number of pyridine rings is 1. The monoisotopic (exact) mass is 454 g/mol. The van der Waals surface area contributed by atoms with E-state index in [1.165, 1.54) is 11.1 Å². The lowest BCUT2D eigenvalue weighted by molar-refractivity contribution is 0.562. The average molecular weight is 455 g/mol. The minimum absolute atomic E-state index is 0.183. The van der Waals surface area contributed by atoms with Crippen LogP contribution >= 0.6 is 0 Å². The summed E-state index contributed by atoms with van der Waals surface area (Å²) in [4.78, 5) is 26.9. The van der Waals surface area contributed by atoms with Crippen LogP contribution in [-0.2, 0) is 24.9 Å². The van der Waals surface area contributed by atoms with Crippen molar-refractivity contribution in [3.05, 3.63) is 69.8 Å². The van der Waals surface area contributed by atoms with Gasteiger partial charge in [0.1, 0.15) is 5.39 Å². The van der Waals surface area contributed by atoms with E-state index in [4.69, 9.17) is 9.97 Å². The quantitative estimate of drug-likeness (QED) is 0.476. The van der Waals surface area contributed by atoms with Crippen LogP contribution in [-0.4, -0.2) is 30.9 Å². The van der Waals surface area contributed by atoms with E-state index in [1.54, 1.807) is 15.6 Å². The Hall–Kier alpha value is -4.03. The Labute approximate surface area is 197 Å². The Morgan fingerprint density at radius 2 is 2.06 bits per heavy atom. The van der Waals surface area contributed by atoms with Crippen molar-refractivity contribution >= 4 is 22.7 Å². The fraction of sp³-hybridized carbons (Fsp3) is 0.320. The number of fused-ring (bicyclic) bond motifs is 2. The minimum atomic E-state index is -0.764. The number of nitriles is 1. The molecule has 0 unspecified atom stereocenters. The van der Waals surface area contributed by atoms with Gasteiger partial charge in [0.05, 0.1) is 17.2 Å². The van der Waals surface area contributed by atoms with Crippen LogP contribution in [0.2, 0.25) is 0 Å². The van der Waals surface area contributed by atoms with Gasteiger partial charge in [-0.15, -0.1) is 0 Å². The summed E-state index contributed by atoms with van der Waals surface area (Å²) in [6, 6.07) is 14.0. The first-order chi connectivity index (χ1) is 16.4. The number of nitrogens with one attached hydrogen (secondary N) is 2. The maximum Gasteiger partial charge on any atom is 0.278 e. The van der Waals surface area contributed by atoms with E-state index < -0.39 is 5.41 Å². The molecule has 4 heterocycles. The van der Waals surface area contributed by atoms with E-state index in [0.717, 1.165) is 25.2 Å². The van der Waals surface area contributed by atoms with E-state index in [-0.39, 0.29) is 5.56 Å². The zero-order valence-corrected chi connectivity index (χ0v) is 19.5. The third kappa shape index (κ3) is 3.72. The molecule has 0 amide bonds. The molecule has 0 fully saturated rings. The maximum atomic E-state index is 13.1. The molecule has 2 N–H and O–H groups in total. The van der Waals surface area contributed by atoms with E-state index in [2.05, 4.69) is 33.8 Å². The lowest BCUT2D eigenvalue weighted by Crippen LogP contribution is -2.23. The van der Waals surface area contributed by atoms with Crippen molar-refractivity contribution in [2.45, 2.75) is 45.7 Å². The van der Waals surface area contributed by atoms with E-state index in [0.29, 0.717) is 35.0 Å². The second-order valence-corrected chi connectivity index (χ2v) is 8.92. The number of benzene rings is 1. The van der Waals surface area contributed by atoms with Crippen molar-refractivity contribution in [1.29, 1.82) is 5.26 Å². The summed E-state index contributed by atoms with van der Waals surface area (Å²) in [7, 11) is 0. The second kappa shape index (κ2) is 8.39. The van der Waals surface area contributed by atoms with Crippen molar-refractivity contribution in [2.75, 3.05) is 11.9 Å². The van der Waals surface area contributed by atoms with Gasteiger partial charge in [0.25, 0.3) is 5.56 Å². The zero-order valence-electron chi connectivity index (χ0n) is 19.5. The highest BCUT2D eigenvalue weighted by molar-refractivity contribution is 5.77. The van der Waals surface area contributed by atoms with Crippen LogP contribution in [0.5, 0.6) is 0 Å². The molecule has 1 aliphatic heterocycles. The van der Waals surface area contributed by atoms with Crippen LogP contribution in [0.15, 0.2) is 47.4 Å². The topological polar surface area (TPSA) is 113 Å². The Kier molecular flexibility index (Phi) is 5.38. The third-order valence-electron chi connectivity index (χ3n) is 6.20.